The molecule has 0 spiro atoms. The fourth-order valence-electron chi connectivity index (χ4n) is 1.74. The second-order valence-corrected chi connectivity index (χ2v) is 4.79. The summed E-state index contributed by atoms with van der Waals surface area (Å²) in [7, 11) is 0. The number of amides is 1. The summed E-state index contributed by atoms with van der Waals surface area (Å²) >= 11 is 5.84. The molecule has 1 heterocycles. The number of hydrogen-bond acceptors (Lipinski definition) is 2. The molecular weight excluding hydrogens is 262 g/mol. The van der Waals surface area contributed by atoms with E-state index in [1.165, 1.54) is 0 Å². The minimum atomic E-state index is 0.0218. The summed E-state index contributed by atoms with van der Waals surface area (Å²) in [4.78, 5) is 11.5. The Kier molecular flexibility index (Phi) is 4.58. The standard InChI is InChI=1S/C14H16ClN3O/c1-2-3-14(19)17-13-8-16-18(10-13)9-11-4-6-12(15)7-5-11/h4-8,10H,2-3,9H2,1H3,(H,17,19). The average molecular weight is 278 g/mol. The van der Waals surface area contributed by atoms with E-state index in [0.717, 1.165) is 22.7 Å². The van der Waals surface area contributed by atoms with Crippen molar-refractivity contribution in [1.82, 2.24) is 9.78 Å². The van der Waals surface area contributed by atoms with Crippen molar-refractivity contribution >= 4 is 23.2 Å². The quantitative estimate of drug-likeness (QED) is 0.911. The molecule has 2 rings (SSSR count). The predicted octanol–water partition coefficient (Wildman–Crippen LogP) is 3.32. The largest absolute Gasteiger partial charge is 0.323 e. The fourth-order valence-corrected chi connectivity index (χ4v) is 1.87. The fraction of sp³-hybridized carbons (Fsp3) is 0.286. The van der Waals surface area contributed by atoms with E-state index in [1.807, 2.05) is 37.4 Å². The highest BCUT2D eigenvalue weighted by Crippen LogP contribution is 2.12. The number of benzene rings is 1. The summed E-state index contributed by atoms with van der Waals surface area (Å²) in [5, 5.41) is 7.75. The van der Waals surface area contributed by atoms with Crippen LogP contribution in [0.1, 0.15) is 25.3 Å². The molecule has 5 heteroatoms. The molecule has 0 radical (unpaired) electrons. The predicted molar refractivity (Wildman–Crippen MR) is 76.3 cm³/mol. The van der Waals surface area contributed by atoms with Crippen molar-refractivity contribution in [3.8, 4) is 0 Å². The van der Waals surface area contributed by atoms with Crippen LogP contribution >= 0.6 is 11.6 Å². The maximum atomic E-state index is 11.5. The first-order chi connectivity index (χ1) is 9.17. The van der Waals surface area contributed by atoms with E-state index in [1.54, 1.807) is 10.9 Å². The van der Waals surface area contributed by atoms with Crippen molar-refractivity contribution in [3.05, 3.63) is 47.2 Å². The van der Waals surface area contributed by atoms with Crippen molar-refractivity contribution in [1.29, 1.82) is 0 Å². The number of halogens is 1. The van der Waals surface area contributed by atoms with Crippen LogP contribution in [0.4, 0.5) is 5.69 Å². The molecular formula is C14H16ClN3O. The van der Waals surface area contributed by atoms with Gasteiger partial charge in [0.15, 0.2) is 0 Å². The minimum Gasteiger partial charge on any atom is -0.323 e. The summed E-state index contributed by atoms with van der Waals surface area (Å²) in [6.45, 7) is 2.63. The topological polar surface area (TPSA) is 46.9 Å². The number of anilines is 1. The van der Waals surface area contributed by atoms with E-state index in [4.69, 9.17) is 11.6 Å². The number of carbonyl (C=O) groups is 1. The summed E-state index contributed by atoms with van der Waals surface area (Å²) in [6.07, 6.45) is 4.85. The van der Waals surface area contributed by atoms with E-state index < -0.39 is 0 Å². The second kappa shape index (κ2) is 6.38. The maximum absolute atomic E-state index is 11.5. The van der Waals surface area contributed by atoms with Crippen molar-refractivity contribution < 1.29 is 4.79 Å². The Bertz CT molecular complexity index is 548. The third-order valence-electron chi connectivity index (χ3n) is 2.65. The molecule has 1 aromatic carbocycles. The van der Waals surface area contributed by atoms with Crippen LogP contribution in [0.5, 0.6) is 0 Å². The third kappa shape index (κ3) is 4.10. The summed E-state index contributed by atoms with van der Waals surface area (Å²) in [6, 6.07) is 7.62. The molecule has 0 saturated carbocycles. The van der Waals surface area contributed by atoms with E-state index in [2.05, 4.69) is 10.4 Å². The van der Waals surface area contributed by atoms with Crippen molar-refractivity contribution in [2.45, 2.75) is 26.3 Å². The third-order valence-corrected chi connectivity index (χ3v) is 2.90. The Morgan fingerprint density at radius 2 is 2.11 bits per heavy atom. The van der Waals surface area contributed by atoms with Crippen molar-refractivity contribution in [2.75, 3.05) is 5.32 Å². The Morgan fingerprint density at radius 1 is 1.37 bits per heavy atom. The lowest BCUT2D eigenvalue weighted by Gasteiger charge is -2.02. The van der Waals surface area contributed by atoms with Crippen LogP contribution in [0.15, 0.2) is 36.7 Å². The van der Waals surface area contributed by atoms with Crippen molar-refractivity contribution in [2.24, 2.45) is 0 Å². The minimum absolute atomic E-state index is 0.0218. The van der Waals surface area contributed by atoms with Crippen LogP contribution < -0.4 is 5.32 Å². The first-order valence-corrected chi connectivity index (χ1v) is 6.62. The molecule has 0 aliphatic rings. The SMILES string of the molecule is CCCC(=O)Nc1cnn(Cc2ccc(Cl)cc2)c1. The summed E-state index contributed by atoms with van der Waals surface area (Å²) in [5.41, 5.74) is 1.84. The molecule has 0 saturated heterocycles. The Labute approximate surface area is 117 Å². The molecule has 1 N–H and O–H groups in total. The van der Waals surface area contributed by atoms with Crippen LogP contribution in [-0.2, 0) is 11.3 Å². The number of carbonyl (C=O) groups excluding carboxylic acids is 1. The van der Waals surface area contributed by atoms with E-state index in [0.29, 0.717) is 13.0 Å². The maximum Gasteiger partial charge on any atom is 0.224 e. The normalized spacial score (nSPS) is 10.4. The Balaban J connectivity index is 1.97. The molecule has 0 aliphatic heterocycles. The van der Waals surface area contributed by atoms with Gasteiger partial charge in [0, 0.05) is 17.6 Å². The van der Waals surface area contributed by atoms with Gasteiger partial charge in [-0.05, 0) is 24.1 Å². The smallest absolute Gasteiger partial charge is 0.224 e. The van der Waals surface area contributed by atoms with Gasteiger partial charge in [-0.15, -0.1) is 0 Å². The molecule has 0 fully saturated rings. The van der Waals surface area contributed by atoms with Crippen LogP contribution in [0.25, 0.3) is 0 Å². The van der Waals surface area contributed by atoms with Gasteiger partial charge >= 0.3 is 0 Å². The molecule has 4 nitrogen and oxygen atoms in total. The Morgan fingerprint density at radius 3 is 2.79 bits per heavy atom. The monoisotopic (exact) mass is 277 g/mol. The number of nitrogens with one attached hydrogen (secondary N) is 1. The van der Waals surface area contributed by atoms with Gasteiger partial charge in [0.05, 0.1) is 18.4 Å². The lowest BCUT2D eigenvalue weighted by molar-refractivity contribution is -0.116. The molecule has 0 atom stereocenters. The van der Waals surface area contributed by atoms with Gasteiger partial charge in [-0.3, -0.25) is 9.48 Å². The number of aromatic nitrogens is 2. The van der Waals surface area contributed by atoms with Gasteiger partial charge in [0.25, 0.3) is 0 Å². The molecule has 1 amide bonds. The van der Waals surface area contributed by atoms with Gasteiger partial charge in [-0.2, -0.15) is 5.10 Å². The zero-order valence-corrected chi connectivity index (χ0v) is 11.5. The molecule has 1 aromatic heterocycles. The number of nitrogens with zero attached hydrogens (tertiary/aromatic N) is 2. The van der Waals surface area contributed by atoms with Gasteiger partial charge in [0.1, 0.15) is 0 Å². The number of hydrogen-bond donors (Lipinski definition) is 1. The first-order valence-electron chi connectivity index (χ1n) is 6.24. The van der Waals surface area contributed by atoms with Crippen LogP contribution in [0, 0.1) is 0 Å². The highest BCUT2D eigenvalue weighted by atomic mass is 35.5. The lowest BCUT2D eigenvalue weighted by Crippen LogP contribution is -2.09. The van der Waals surface area contributed by atoms with Crippen molar-refractivity contribution in [3.63, 3.8) is 0 Å². The zero-order valence-electron chi connectivity index (χ0n) is 10.8. The molecule has 19 heavy (non-hydrogen) atoms. The molecule has 0 unspecified atom stereocenters. The van der Waals surface area contributed by atoms with E-state index >= 15 is 0 Å². The van der Waals surface area contributed by atoms with Gasteiger partial charge < -0.3 is 5.32 Å². The molecule has 100 valence electrons. The van der Waals surface area contributed by atoms with Gasteiger partial charge in [0.2, 0.25) is 5.91 Å². The molecule has 0 aliphatic carbocycles. The van der Waals surface area contributed by atoms with Crippen LogP contribution in [-0.4, -0.2) is 15.7 Å². The molecule has 2 aromatic rings. The van der Waals surface area contributed by atoms with Crippen LogP contribution in [0.3, 0.4) is 0 Å². The van der Waals surface area contributed by atoms with Gasteiger partial charge in [-0.25, -0.2) is 0 Å². The van der Waals surface area contributed by atoms with E-state index in [9.17, 15) is 4.79 Å². The average Bonchev–Trinajstić information content (AvgIpc) is 2.80. The second-order valence-electron chi connectivity index (χ2n) is 4.35. The summed E-state index contributed by atoms with van der Waals surface area (Å²) < 4.78 is 1.78. The lowest BCUT2D eigenvalue weighted by atomic mass is 10.2. The zero-order chi connectivity index (χ0) is 13.7. The number of rotatable bonds is 5. The van der Waals surface area contributed by atoms with Crippen LogP contribution in [0.2, 0.25) is 5.02 Å². The summed E-state index contributed by atoms with van der Waals surface area (Å²) in [5.74, 6) is 0.0218. The highest BCUT2D eigenvalue weighted by Gasteiger charge is 2.03. The highest BCUT2D eigenvalue weighted by molar-refractivity contribution is 6.30. The molecule has 0 bridgehead atoms. The van der Waals surface area contributed by atoms with Gasteiger partial charge in [-0.1, -0.05) is 30.7 Å². The first kappa shape index (κ1) is 13.6. The Hall–Kier alpha value is -1.81. The van der Waals surface area contributed by atoms with E-state index in [-0.39, 0.29) is 5.91 Å².